The molecule has 0 saturated heterocycles. The Hall–Kier alpha value is -1.09. The molecule has 1 aromatic rings. The van der Waals surface area contributed by atoms with Crippen molar-refractivity contribution >= 4 is 0 Å². The fraction of sp³-hybridized carbons (Fsp3) is 0.667. The van der Waals surface area contributed by atoms with Gasteiger partial charge >= 0.3 is 0 Å². The Bertz CT molecular complexity index is 406. The molecule has 2 rings (SSSR count). The number of hydrogen-bond donors (Lipinski definition) is 0. The predicted molar refractivity (Wildman–Crippen MR) is 75.5 cm³/mol. The molecular weight excluding hydrogens is 222 g/mol. The molecule has 0 N–H and O–H groups in total. The van der Waals surface area contributed by atoms with Crippen molar-refractivity contribution in [2.24, 2.45) is 5.92 Å². The van der Waals surface area contributed by atoms with Gasteiger partial charge in [0.2, 0.25) is 0 Å². The predicted octanol–water partition coefficient (Wildman–Crippen LogP) is 3.00. The summed E-state index contributed by atoms with van der Waals surface area (Å²) < 4.78 is 2.03. The highest BCUT2D eigenvalue weighted by molar-refractivity contribution is 5.15. The first-order chi connectivity index (χ1) is 8.69. The molecule has 1 heterocycles. The fourth-order valence-electron chi connectivity index (χ4n) is 2.69. The van der Waals surface area contributed by atoms with E-state index in [9.17, 15) is 0 Å². The van der Waals surface area contributed by atoms with Gasteiger partial charge in [-0.3, -0.25) is 4.68 Å². The van der Waals surface area contributed by atoms with E-state index in [0.717, 1.165) is 19.0 Å². The number of aryl methyl sites for hydroxylation is 2. The van der Waals surface area contributed by atoms with Crippen molar-refractivity contribution in [1.29, 1.82) is 0 Å². The molecule has 0 aliphatic heterocycles. The third kappa shape index (κ3) is 3.45. The van der Waals surface area contributed by atoms with E-state index in [4.69, 9.17) is 0 Å². The molecule has 0 unspecified atom stereocenters. The summed E-state index contributed by atoms with van der Waals surface area (Å²) in [5.74, 6) is 0.835. The number of nitrogens with zero attached hydrogens (tertiary/aromatic N) is 3. The van der Waals surface area contributed by atoms with Crippen LogP contribution in [-0.4, -0.2) is 28.3 Å². The van der Waals surface area contributed by atoms with Gasteiger partial charge in [0.25, 0.3) is 0 Å². The summed E-state index contributed by atoms with van der Waals surface area (Å²) in [5, 5.41) is 4.51. The molecular formula is C15H25N3. The molecule has 0 radical (unpaired) electrons. The monoisotopic (exact) mass is 247 g/mol. The third-order valence-corrected chi connectivity index (χ3v) is 3.76. The normalized spacial score (nSPS) is 19.7. The zero-order valence-corrected chi connectivity index (χ0v) is 11.9. The zero-order chi connectivity index (χ0) is 13.0. The average Bonchev–Trinajstić information content (AvgIpc) is 2.71. The van der Waals surface area contributed by atoms with Crippen LogP contribution in [0.2, 0.25) is 0 Å². The van der Waals surface area contributed by atoms with Gasteiger partial charge in [-0.05, 0) is 46.1 Å². The Balaban J connectivity index is 1.87. The summed E-state index contributed by atoms with van der Waals surface area (Å²) in [6.07, 6.45) is 10.7. The molecule has 0 spiro atoms. The third-order valence-electron chi connectivity index (χ3n) is 3.76. The molecule has 0 saturated carbocycles. The van der Waals surface area contributed by atoms with Crippen molar-refractivity contribution < 1.29 is 0 Å². The summed E-state index contributed by atoms with van der Waals surface area (Å²) >= 11 is 0. The molecule has 100 valence electrons. The summed E-state index contributed by atoms with van der Waals surface area (Å²) in [5.41, 5.74) is 2.54. The van der Waals surface area contributed by atoms with Crippen LogP contribution < -0.4 is 0 Å². The highest BCUT2D eigenvalue weighted by atomic mass is 15.3. The summed E-state index contributed by atoms with van der Waals surface area (Å²) in [7, 11) is 2.22. The first-order valence-corrected chi connectivity index (χ1v) is 7.05. The summed E-state index contributed by atoms with van der Waals surface area (Å²) in [4.78, 5) is 2.44. The Kier molecular flexibility index (Phi) is 4.59. The minimum atomic E-state index is 0.835. The second-order valence-corrected chi connectivity index (χ2v) is 5.44. The van der Waals surface area contributed by atoms with Crippen molar-refractivity contribution in [3.63, 3.8) is 0 Å². The van der Waals surface area contributed by atoms with Crippen LogP contribution in [0.15, 0.2) is 18.3 Å². The van der Waals surface area contributed by atoms with Gasteiger partial charge in [0.1, 0.15) is 0 Å². The highest BCUT2D eigenvalue weighted by Gasteiger charge is 2.14. The lowest BCUT2D eigenvalue weighted by atomic mass is 9.94. The largest absolute Gasteiger partial charge is 0.302 e. The van der Waals surface area contributed by atoms with E-state index in [0.29, 0.717) is 0 Å². The van der Waals surface area contributed by atoms with E-state index in [-0.39, 0.29) is 0 Å². The number of rotatable bonds is 5. The van der Waals surface area contributed by atoms with Gasteiger partial charge in [0.05, 0.1) is 5.69 Å². The maximum atomic E-state index is 4.51. The molecule has 1 atom stereocenters. The zero-order valence-electron chi connectivity index (χ0n) is 11.9. The maximum absolute atomic E-state index is 4.51. The van der Waals surface area contributed by atoms with E-state index >= 15 is 0 Å². The van der Waals surface area contributed by atoms with E-state index in [1.165, 1.54) is 37.1 Å². The second kappa shape index (κ2) is 6.19. The van der Waals surface area contributed by atoms with Crippen LogP contribution in [0.3, 0.4) is 0 Å². The minimum absolute atomic E-state index is 0.835. The lowest BCUT2D eigenvalue weighted by molar-refractivity contribution is 0.258. The minimum Gasteiger partial charge on any atom is -0.302 e. The van der Waals surface area contributed by atoms with Crippen LogP contribution in [0.4, 0.5) is 0 Å². The molecule has 1 aliphatic carbocycles. The number of aromatic nitrogens is 2. The van der Waals surface area contributed by atoms with Crippen molar-refractivity contribution in [1.82, 2.24) is 14.7 Å². The molecule has 1 aromatic heterocycles. The molecule has 3 heteroatoms. The fourth-order valence-corrected chi connectivity index (χ4v) is 2.69. The molecule has 0 aromatic carbocycles. The lowest BCUT2D eigenvalue weighted by Gasteiger charge is -2.24. The molecule has 0 amide bonds. The summed E-state index contributed by atoms with van der Waals surface area (Å²) in [6.45, 7) is 7.41. The van der Waals surface area contributed by atoms with Crippen molar-refractivity contribution in [2.45, 2.75) is 46.2 Å². The van der Waals surface area contributed by atoms with Crippen molar-refractivity contribution in [2.75, 3.05) is 13.6 Å². The molecule has 18 heavy (non-hydrogen) atoms. The van der Waals surface area contributed by atoms with Gasteiger partial charge in [-0.25, -0.2) is 0 Å². The van der Waals surface area contributed by atoms with Crippen LogP contribution in [0, 0.1) is 12.8 Å². The lowest BCUT2D eigenvalue weighted by Crippen LogP contribution is -2.26. The first-order valence-electron chi connectivity index (χ1n) is 7.05. The van der Waals surface area contributed by atoms with Crippen LogP contribution in [0.5, 0.6) is 0 Å². The second-order valence-electron chi connectivity index (χ2n) is 5.44. The van der Waals surface area contributed by atoms with Gasteiger partial charge in [-0.15, -0.1) is 0 Å². The van der Waals surface area contributed by atoms with E-state index < -0.39 is 0 Å². The van der Waals surface area contributed by atoms with Gasteiger partial charge in [-0.2, -0.15) is 5.10 Å². The van der Waals surface area contributed by atoms with Crippen LogP contribution >= 0.6 is 0 Å². The van der Waals surface area contributed by atoms with Crippen LogP contribution in [0.25, 0.3) is 0 Å². The van der Waals surface area contributed by atoms with E-state index in [1.807, 2.05) is 4.68 Å². The van der Waals surface area contributed by atoms with E-state index in [2.05, 4.69) is 49.2 Å². The number of allylic oxidation sites excluding steroid dienone is 2. The standard InChI is InChI=1S/C15H25N3/c1-4-18-12-15(13(2)16-18)11-17(3)10-14-8-6-5-7-9-14/h5-6,12,14H,4,7-11H2,1-3H3/t14-/m0/s1. The maximum Gasteiger partial charge on any atom is 0.0638 e. The SMILES string of the molecule is CCn1cc(CN(C)C[C@H]2CC=CCC2)c(C)n1. The summed E-state index contributed by atoms with van der Waals surface area (Å²) in [6, 6.07) is 0. The molecule has 3 nitrogen and oxygen atoms in total. The van der Waals surface area contributed by atoms with Crippen LogP contribution in [0.1, 0.15) is 37.4 Å². The Morgan fingerprint density at radius 1 is 1.44 bits per heavy atom. The first kappa shape index (κ1) is 13.3. The van der Waals surface area contributed by atoms with Gasteiger partial charge in [-0.1, -0.05) is 12.2 Å². The van der Waals surface area contributed by atoms with E-state index in [1.54, 1.807) is 0 Å². The molecule has 1 aliphatic rings. The van der Waals surface area contributed by atoms with Crippen molar-refractivity contribution in [3.05, 3.63) is 29.6 Å². The Morgan fingerprint density at radius 2 is 2.28 bits per heavy atom. The van der Waals surface area contributed by atoms with Crippen molar-refractivity contribution in [3.8, 4) is 0 Å². The Morgan fingerprint density at radius 3 is 2.89 bits per heavy atom. The quantitative estimate of drug-likeness (QED) is 0.746. The van der Waals surface area contributed by atoms with Gasteiger partial charge in [0.15, 0.2) is 0 Å². The Labute approximate surface area is 110 Å². The topological polar surface area (TPSA) is 21.1 Å². The van der Waals surface area contributed by atoms with Crippen LogP contribution in [-0.2, 0) is 13.1 Å². The number of hydrogen-bond acceptors (Lipinski definition) is 2. The average molecular weight is 247 g/mol. The van der Waals surface area contributed by atoms with Gasteiger partial charge in [0, 0.05) is 31.4 Å². The molecule has 0 fully saturated rings. The highest BCUT2D eigenvalue weighted by Crippen LogP contribution is 2.19. The molecule has 0 bridgehead atoms. The smallest absolute Gasteiger partial charge is 0.0638 e. The van der Waals surface area contributed by atoms with Gasteiger partial charge < -0.3 is 4.90 Å².